The first-order chi connectivity index (χ1) is 22.1. The number of halogens is 5. The number of carbonyl (C=O) groups excluding carboxylic acids is 1. The molecule has 1 amide bonds. The van der Waals surface area contributed by atoms with E-state index < -0.39 is 35.6 Å². The second kappa shape index (κ2) is 12.7. The molecule has 238 valence electrons. The summed E-state index contributed by atoms with van der Waals surface area (Å²) in [6, 6.07) is 10.0. The highest BCUT2D eigenvalue weighted by molar-refractivity contribution is 6.37. The van der Waals surface area contributed by atoms with Crippen molar-refractivity contribution in [2.24, 2.45) is 0 Å². The van der Waals surface area contributed by atoms with Gasteiger partial charge in [0.25, 0.3) is 5.91 Å². The normalized spacial score (nSPS) is 20.3. The molecule has 0 aliphatic carbocycles. The summed E-state index contributed by atoms with van der Waals surface area (Å²) in [5, 5.41) is 1.15. The van der Waals surface area contributed by atoms with E-state index in [0.29, 0.717) is 21.7 Å². The number of likely N-dealkylation sites (N-methyl/N-ethyl adjacent to an activating group) is 1. The molecule has 4 aromatic rings. The molecule has 6 rings (SSSR count). The van der Waals surface area contributed by atoms with Gasteiger partial charge in [0.2, 0.25) is 6.54 Å². The number of hydrogen-bond acceptors (Lipinski definition) is 6. The third-order valence-corrected chi connectivity index (χ3v) is 8.98. The van der Waals surface area contributed by atoms with E-state index in [4.69, 9.17) is 22.9 Å². The third kappa shape index (κ3) is 5.81. The number of benzene rings is 3. The summed E-state index contributed by atoms with van der Waals surface area (Å²) in [6.07, 6.45) is -0.732. The van der Waals surface area contributed by atoms with Gasteiger partial charge in [0.05, 0.1) is 5.02 Å². The van der Waals surface area contributed by atoms with Gasteiger partial charge in [0.15, 0.2) is 11.6 Å². The molecular weight excluding hydrogens is 624 g/mol. The lowest BCUT2D eigenvalue weighted by molar-refractivity contribution is -0.131. The fourth-order valence-corrected chi connectivity index (χ4v) is 6.56. The number of fused-ring (bicyclic) bond motifs is 2. The Labute approximate surface area is 267 Å². The maximum Gasteiger partial charge on any atom is 0.319 e. The Balaban J connectivity index is 1.46. The second-order valence-electron chi connectivity index (χ2n) is 11.5. The molecule has 2 aliphatic heterocycles. The van der Waals surface area contributed by atoms with Gasteiger partial charge < -0.3 is 19.4 Å². The van der Waals surface area contributed by atoms with Crippen molar-refractivity contribution < 1.29 is 27.1 Å². The number of ether oxygens (including phenoxy) is 1. The molecule has 13 heteroatoms. The van der Waals surface area contributed by atoms with Gasteiger partial charge >= 0.3 is 6.01 Å². The predicted octanol–water partition coefficient (Wildman–Crippen LogP) is 6.22. The molecule has 3 heterocycles. The average molecular weight is 653 g/mol. The Hall–Kier alpha value is -4.47. The smallest absolute Gasteiger partial charge is 0.319 e. The number of hydrogen-bond donors (Lipinski definition) is 0. The van der Waals surface area contributed by atoms with Crippen LogP contribution < -0.4 is 9.64 Å². The number of alkyl halides is 1. The van der Waals surface area contributed by atoms with Crippen molar-refractivity contribution in [1.29, 1.82) is 0 Å². The molecule has 0 saturated carbocycles. The Bertz CT molecular complexity index is 1900. The number of anilines is 1. The van der Waals surface area contributed by atoms with Crippen molar-refractivity contribution >= 4 is 45.0 Å². The van der Waals surface area contributed by atoms with Gasteiger partial charge in [0.1, 0.15) is 36.0 Å². The van der Waals surface area contributed by atoms with Crippen LogP contribution in [0.5, 0.6) is 6.01 Å². The number of aromatic nitrogens is 2. The Morgan fingerprint density at radius 2 is 1.91 bits per heavy atom. The summed E-state index contributed by atoms with van der Waals surface area (Å²) in [4.78, 5) is 29.8. The average Bonchev–Trinajstić information content (AvgIpc) is 3.37. The predicted molar refractivity (Wildman–Crippen MR) is 168 cm³/mol. The van der Waals surface area contributed by atoms with Crippen molar-refractivity contribution in [2.45, 2.75) is 24.7 Å². The van der Waals surface area contributed by atoms with E-state index in [1.54, 1.807) is 48.3 Å². The third-order valence-electron chi connectivity index (χ3n) is 8.61. The number of amides is 1. The number of likely N-dealkylation sites (tertiary alicyclic amines) is 1. The van der Waals surface area contributed by atoms with Crippen LogP contribution in [0.4, 0.5) is 23.4 Å². The Kier molecular flexibility index (Phi) is 8.72. The van der Waals surface area contributed by atoms with Gasteiger partial charge in [-0.1, -0.05) is 48.5 Å². The second-order valence-corrected chi connectivity index (χ2v) is 11.9. The standard InChI is InChI=1S/C33H29ClF4N6O2/c1-18(35)32(45)44-12-11-43(16-22(44)14-39-2)31-25-9-8-24(23-6-4-5-19-7-10-26(37)28(34)27(19)23)29(38)30(25)40-33(41-31)46-17-21-13-20(36)15-42(21)3/h4-10,20-22H,1,11-17H2,3H3/t20-,21+,22+/m1/s1. The van der Waals surface area contributed by atoms with Gasteiger partial charge in [-0.3, -0.25) is 9.69 Å². The van der Waals surface area contributed by atoms with E-state index in [1.165, 1.54) is 11.0 Å². The van der Waals surface area contributed by atoms with Crippen molar-refractivity contribution in [3.8, 4) is 17.1 Å². The van der Waals surface area contributed by atoms with Gasteiger partial charge in [0, 0.05) is 48.6 Å². The molecule has 0 bridgehead atoms. The molecule has 2 aliphatic rings. The molecule has 1 aromatic heterocycles. The van der Waals surface area contributed by atoms with Crippen molar-refractivity contribution in [2.75, 3.05) is 51.3 Å². The largest absolute Gasteiger partial charge is 0.462 e. The minimum atomic E-state index is -1.12. The summed E-state index contributed by atoms with van der Waals surface area (Å²) in [6.45, 7) is 11.1. The van der Waals surface area contributed by atoms with Crippen LogP contribution in [0, 0.1) is 18.2 Å². The highest BCUT2D eigenvalue weighted by Crippen LogP contribution is 2.39. The van der Waals surface area contributed by atoms with E-state index >= 15 is 4.39 Å². The number of nitrogens with zero attached hydrogens (tertiary/aromatic N) is 6. The Morgan fingerprint density at radius 1 is 1.11 bits per heavy atom. The van der Waals surface area contributed by atoms with E-state index in [2.05, 4.69) is 21.4 Å². The van der Waals surface area contributed by atoms with E-state index in [0.717, 1.165) is 0 Å². The minimum absolute atomic E-state index is 0.0582. The fraction of sp³-hybridized carbons (Fsp3) is 0.333. The molecule has 2 saturated heterocycles. The van der Waals surface area contributed by atoms with Crippen molar-refractivity contribution in [3.63, 3.8) is 0 Å². The lowest BCUT2D eigenvalue weighted by Gasteiger charge is -2.39. The van der Waals surface area contributed by atoms with Crippen molar-refractivity contribution in [3.05, 3.63) is 82.9 Å². The lowest BCUT2D eigenvalue weighted by Crippen LogP contribution is -2.56. The molecule has 46 heavy (non-hydrogen) atoms. The molecule has 0 unspecified atom stereocenters. The first-order valence-corrected chi connectivity index (χ1v) is 15.0. The molecule has 3 aromatic carbocycles. The van der Waals surface area contributed by atoms with Crippen LogP contribution in [0.15, 0.2) is 54.9 Å². The highest BCUT2D eigenvalue weighted by atomic mass is 35.5. The van der Waals surface area contributed by atoms with Crippen LogP contribution in [0.25, 0.3) is 37.6 Å². The zero-order valence-corrected chi connectivity index (χ0v) is 25.6. The van der Waals surface area contributed by atoms with Gasteiger partial charge in [-0.25, -0.2) is 24.1 Å². The van der Waals surface area contributed by atoms with Crippen LogP contribution in [0.2, 0.25) is 5.02 Å². The first kappa shape index (κ1) is 31.5. The minimum Gasteiger partial charge on any atom is -0.462 e. The summed E-state index contributed by atoms with van der Waals surface area (Å²) in [7, 11) is 1.79. The van der Waals surface area contributed by atoms with Crippen molar-refractivity contribution in [1.82, 2.24) is 19.8 Å². The summed E-state index contributed by atoms with van der Waals surface area (Å²) >= 11 is 6.36. The first-order valence-electron chi connectivity index (χ1n) is 14.6. The number of piperazine rings is 1. The number of rotatable bonds is 7. The van der Waals surface area contributed by atoms with Crippen LogP contribution in [-0.2, 0) is 4.79 Å². The Morgan fingerprint density at radius 3 is 2.63 bits per heavy atom. The topological polar surface area (TPSA) is 66.2 Å². The SMILES string of the molecule is [C-]#[N+]C[C@H]1CN(c2nc(OC[C@@H]3C[C@@H](F)CN3C)nc3c(F)c(-c4cccc5ccc(F)c(Cl)c45)ccc23)CCN1C(=O)C(=C)F. The maximum atomic E-state index is 16.6. The van der Waals surface area contributed by atoms with E-state index in [1.807, 2.05) is 4.90 Å². The van der Waals surface area contributed by atoms with Crippen LogP contribution >= 0.6 is 11.6 Å². The number of carbonyl (C=O) groups is 1. The lowest BCUT2D eigenvalue weighted by atomic mass is 9.96. The summed E-state index contributed by atoms with van der Waals surface area (Å²) < 4.78 is 64.9. The van der Waals surface area contributed by atoms with Crippen LogP contribution in [-0.4, -0.2) is 90.3 Å². The highest BCUT2D eigenvalue weighted by Gasteiger charge is 2.36. The molecule has 0 radical (unpaired) electrons. The molecular formula is C33H29ClF4N6O2. The van der Waals surface area contributed by atoms with Crippen LogP contribution in [0.1, 0.15) is 6.42 Å². The molecule has 8 nitrogen and oxygen atoms in total. The maximum absolute atomic E-state index is 16.6. The zero-order chi connectivity index (χ0) is 32.7. The van der Waals surface area contributed by atoms with E-state index in [9.17, 15) is 18.0 Å². The summed E-state index contributed by atoms with van der Waals surface area (Å²) in [5.74, 6) is -3.09. The summed E-state index contributed by atoms with van der Waals surface area (Å²) in [5.41, 5.74) is 0.406. The quantitative estimate of drug-likeness (QED) is 0.134. The van der Waals surface area contributed by atoms with Gasteiger partial charge in [-0.15, -0.1) is 0 Å². The van der Waals surface area contributed by atoms with Gasteiger partial charge in [-0.05, 0) is 36.6 Å². The fourth-order valence-electron chi connectivity index (χ4n) is 6.28. The monoisotopic (exact) mass is 652 g/mol. The zero-order valence-electron chi connectivity index (χ0n) is 24.8. The molecule has 2 fully saturated rings. The van der Waals surface area contributed by atoms with E-state index in [-0.39, 0.29) is 79.7 Å². The van der Waals surface area contributed by atoms with Crippen LogP contribution in [0.3, 0.4) is 0 Å². The molecule has 3 atom stereocenters. The molecule has 0 spiro atoms. The van der Waals surface area contributed by atoms with Gasteiger partial charge in [-0.2, -0.15) is 9.97 Å². The molecule has 0 N–H and O–H groups in total.